The van der Waals surface area contributed by atoms with Gasteiger partial charge in [-0.2, -0.15) is 0 Å². The first kappa shape index (κ1) is 38.4. The van der Waals surface area contributed by atoms with Gasteiger partial charge in [0.05, 0.1) is 0 Å². The zero-order valence-corrected chi connectivity index (χ0v) is 36.1. The fraction of sp³-hybridized carbons (Fsp3) is 0. The van der Waals surface area contributed by atoms with Crippen LogP contribution in [0.1, 0.15) is 0 Å². The highest BCUT2D eigenvalue weighted by atomic mass is 16.4. The molecule has 0 fully saturated rings. The van der Waals surface area contributed by atoms with Crippen molar-refractivity contribution < 1.29 is 13.3 Å². The normalized spacial score (nSPS) is 11.6. The largest absolute Gasteiger partial charge is 0.455 e. The average Bonchev–Trinajstić information content (AvgIpc) is 4.15. The molecule has 3 heterocycles. The maximum absolute atomic E-state index is 6.72. The number of nitrogens with zero attached hydrogens (tertiary/aromatic N) is 2. The van der Waals surface area contributed by atoms with Crippen LogP contribution in [0.25, 0.3) is 134 Å². The van der Waals surface area contributed by atoms with Crippen LogP contribution >= 0.6 is 0 Å². The highest BCUT2D eigenvalue weighted by Crippen LogP contribution is 2.44. The summed E-state index contributed by atoms with van der Waals surface area (Å²) in [4.78, 5) is 0. The summed E-state index contributed by atoms with van der Waals surface area (Å²) < 4.78 is 20.0. The number of hydrogen-bond donors (Lipinski definition) is 0. The molecule has 5 nitrogen and oxygen atoms in total. The molecule has 0 spiro atoms. The van der Waals surface area contributed by atoms with Gasteiger partial charge in [0, 0.05) is 43.8 Å². The van der Waals surface area contributed by atoms with Crippen LogP contribution in [0.3, 0.4) is 0 Å². The van der Waals surface area contributed by atoms with Crippen molar-refractivity contribution in [3.05, 3.63) is 231 Å². The van der Waals surface area contributed by atoms with Crippen molar-refractivity contribution in [2.24, 2.45) is 0 Å². The summed E-state index contributed by atoms with van der Waals surface area (Å²) in [5.41, 5.74) is 17.9. The van der Waals surface area contributed by atoms with Crippen molar-refractivity contribution in [1.82, 2.24) is 10.2 Å². The molecule has 0 N–H and O–H groups in total. The molecule has 314 valence electrons. The lowest BCUT2D eigenvalue weighted by Gasteiger charge is -2.09. The minimum absolute atomic E-state index is 0.426. The van der Waals surface area contributed by atoms with E-state index in [0.717, 1.165) is 122 Å². The summed E-state index contributed by atoms with van der Waals surface area (Å²) in [6, 6.07) is 80.3. The monoisotopic (exact) mass is 858 g/mol. The molecule has 0 aliphatic rings. The molecule has 0 amide bonds. The number of rotatable bonds is 8. The minimum atomic E-state index is 0.426. The van der Waals surface area contributed by atoms with Gasteiger partial charge in [0.1, 0.15) is 22.3 Å². The summed E-state index contributed by atoms with van der Waals surface area (Å²) in [6.45, 7) is 0. The number of furan rings is 2. The topological polar surface area (TPSA) is 65.2 Å². The lowest BCUT2D eigenvalue weighted by molar-refractivity contribution is 0.584. The fourth-order valence-electron chi connectivity index (χ4n) is 9.50. The zero-order chi connectivity index (χ0) is 44.3. The molecule has 5 heteroatoms. The van der Waals surface area contributed by atoms with Gasteiger partial charge < -0.3 is 13.3 Å². The maximum atomic E-state index is 6.72. The molecular formula is C62H38N2O3. The van der Waals surface area contributed by atoms with Gasteiger partial charge >= 0.3 is 0 Å². The van der Waals surface area contributed by atoms with Gasteiger partial charge in [-0.3, -0.25) is 0 Å². The van der Waals surface area contributed by atoms with Gasteiger partial charge in [-0.15, -0.1) is 10.2 Å². The van der Waals surface area contributed by atoms with E-state index in [0.29, 0.717) is 11.8 Å². The summed E-state index contributed by atoms with van der Waals surface area (Å²) in [5.74, 6) is 0.851. The zero-order valence-electron chi connectivity index (χ0n) is 36.1. The second kappa shape index (κ2) is 15.9. The summed E-state index contributed by atoms with van der Waals surface area (Å²) >= 11 is 0. The molecule has 0 aliphatic heterocycles. The van der Waals surface area contributed by atoms with E-state index in [-0.39, 0.29) is 0 Å². The van der Waals surface area contributed by atoms with E-state index in [4.69, 9.17) is 13.3 Å². The van der Waals surface area contributed by atoms with E-state index < -0.39 is 0 Å². The Hall–Kier alpha value is -9.06. The molecule has 10 aromatic carbocycles. The Labute approximate surface area is 385 Å². The second-order valence-electron chi connectivity index (χ2n) is 17.0. The maximum Gasteiger partial charge on any atom is 0.248 e. The van der Waals surface area contributed by atoms with Crippen molar-refractivity contribution in [3.63, 3.8) is 0 Å². The Bertz CT molecular complexity index is 3700. The number of fused-ring (bicyclic) bond motifs is 6. The molecule has 0 bridgehead atoms. The van der Waals surface area contributed by atoms with Gasteiger partial charge in [0.2, 0.25) is 11.8 Å². The van der Waals surface area contributed by atoms with E-state index >= 15 is 0 Å². The minimum Gasteiger partial charge on any atom is -0.455 e. The quantitative estimate of drug-likeness (QED) is 0.152. The van der Waals surface area contributed by atoms with Crippen molar-refractivity contribution >= 4 is 43.9 Å². The average molecular weight is 859 g/mol. The van der Waals surface area contributed by atoms with Crippen molar-refractivity contribution in [3.8, 4) is 89.7 Å². The van der Waals surface area contributed by atoms with E-state index in [1.807, 2.05) is 48.5 Å². The predicted octanol–water partition coefficient (Wildman–Crippen LogP) is 17.2. The Morgan fingerprint density at radius 3 is 0.970 bits per heavy atom. The van der Waals surface area contributed by atoms with Crippen LogP contribution in [0, 0.1) is 0 Å². The third-order valence-electron chi connectivity index (χ3n) is 12.8. The first-order valence-corrected chi connectivity index (χ1v) is 22.4. The lowest BCUT2D eigenvalue weighted by atomic mass is 9.94. The second-order valence-corrected chi connectivity index (χ2v) is 17.0. The van der Waals surface area contributed by atoms with Crippen LogP contribution in [-0.4, -0.2) is 10.2 Å². The molecule has 0 unspecified atom stereocenters. The van der Waals surface area contributed by atoms with E-state index in [1.165, 1.54) is 0 Å². The summed E-state index contributed by atoms with van der Waals surface area (Å²) in [5, 5.41) is 13.5. The SMILES string of the molecule is c1ccc(-c2ccc3oc4c(-c5cccc(-c6nnc(-c7cccc(-c8cc(-c9ccccc9)cc9c8oc8ccc(-c%10ccccc%10)cc89)c7)o6)c5)cc(-c5ccccc5)cc4c3c2)cc1. The van der Waals surface area contributed by atoms with Gasteiger partial charge in [-0.1, -0.05) is 158 Å². The van der Waals surface area contributed by atoms with Crippen LogP contribution in [0.4, 0.5) is 0 Å². The molecule has 0 atom stereocenters. The number of aromatic nitrogens is 2. The molecule has 13 aromatic rings. The van der Waals surface area contributed by atoms with Gasteiger partial charge in [-0.25, -0.2) is 0 Å². The Morgan fingerprint density at radius 1 is 0.224 bits per heavy atom. The molecular weight excluding hydrogens is 821 g/mol. The van der Waals surface area contributed by atoms with E-state index in [9.17, 15) is 0 Å². The first-order valence-electron chi connectivity index (χ1n) is 22.4. The van der Waals surface area contributed by atoms with Crippen LogP contribution in [0.5, 0.6) is 0 Å². The predicted molar refractivity (Wildman–Crippen MR) is 272 cm³/mol. The van der Waals surface area contributed by atoms with Gasteiger partial charge in [0.15, 0.2) is 0 Å². The van der Waals surface area contributed by atoms with E-state index in [1.54, 1.807) is 0 Å². The summed E-state index contributed by atoms with van der Waals surface area (Å²) in [6.07, 6.45) is 0. The van der Waals surface area contributed by atoms with Crippen molar-refractivity contribution in [2.75, 3.05) is 0 Å². The Balaban J connectivity index is 0.893. The standard InChI is InChI=1S/C62H38N2O3/c1-5-15-39(16-6-1)43-27-29-57-53(33-43)55-37-49(41-19-9-3-10-20-41)35-51(59(55)65-57)45-23-13-25-47(31-45)61-63-64-62(67-61)48-26-14-24-46(32-48)52-36-50(42-21-11-4-12-22-42)38-56-54-34-44(40-17-7-2-8-18-40)28-30-58(54)66-60(52)56/h1-38H. The lowest BCUT2D eigenvalue weighted by Crippen LogP contribution is -1.85. The van der Waals surface area contributed by atoms with Gasteiger partial charge in [-0.05, 0) is 128 Å². The number of benzene rings is 10. The molecule has 0 radical (unpaired) electrons. The Kier molecular flexibility index (Phi) is 9.10. The fourth-order valence-corrected chi connectivity index (χ4v) is 9.50. The number of hydrogen-bond acceptors (Lipinski definition) is 5. The molecule has 0 saturated carbocycles. The third kappa shape index (κ3) is 6.89. The van der Waals surface area contributed by atoms with Crippen molar-refractivity contribution in [1.29, 1.82) is 0 Å². The third-order valence-corrected chi connectivity index (χ3v) is 12.8. The molecule has 3 aromatic heterocycles. The van der Waals surface area contributed by atoms with Crippen LogP contribution in [0.15, 0.2) is 244 Å². The van der Waals surface area contributed by atoms with Crippen LogP contribution < -0.4 is 0 Å². The Morgan fingerprint density at radius 2 is 0.567 bits per heavy atom. The first-order chi connectivity index (χ1) is 33.2. The van der Waals surface area contributed by atoms with Crippen molar-refractivity contribution in [2.45, 2.75) is 0 Å². The molecule has 0 saturated heterocycles. The highest BCUT2D eigenvalue weighted by Gasteiger charge is 2.20. The van der Waals surface area contributed by atoms with Crippen LogP contribution in [-0.2, 0) is 0 Å². The van der Waals surface area contributed by atoms with E-state index in [2.05, 4.69) is 192 Å². The molecule has 67 heavy (non-hydrogen) atoms. The summed E-state index contributed by atoms with van der Waals surface area (Å²) in [7, 11) is 0. The van der Waals surface area contributed by atoms with Gasteiger partial charge in [0.25, 0.3) is 0 Å². The highest BCUT2D eigenvalue weighted by molar-refractivity contribution is 6.14. The smallest absolute Gasteiger partial charge is 0.248 e. The molecule has 0 aliphatic carbocycles. The van der Waals surface area contributed by atoms with Crippen LogP contribution in [0.2, 0.25) is 0 Å². The molecule has 13 rings (SSSR count).